The smallest absolute Gasteiger partial charge is 0.330 e. The van der Waals surface area contributed by atoms with Gasteiger partial charge < -0.3 is 15.0 Å². The normalized spacial score (nSPS) is 26.3. The first-order valence-electron chi connectivity index (χ1n) is 8.04. The number of amides is 2. The van der Waals surface area contributed by atoms with Crippen LogP contribution in [0, 0.1) is 0 Å². The summed E-state index contributed by atoms with van der Waals surface area (Å²) in [6.45, 7) is 3.46. The van der Waals surface area contributed by atoms with Crippen LogP contribution >= 0.6 is 23.4 Å². The Hall–Kier alpha value is -1.73. The Morgan fingerprint density at radius 1 is 1.44 bits per heavy atom. The maximum absolute atomic E-state index is 12.5. The van der Waals surface area contributed by atoms with E-state index in [1.165, 1.54) is 6.92 Å². The predicted molar refractivity (Wildman–Crippen MR) is 96.4 cm³/mol. The maximum Gasteiger partial charge on any atom is 0.330 e. The van der Waals surface area contributed by atoms with E-state index in [9.17, 15) is 14.4 Å². The van der Waals surface area contributed by atoms with Crippen LogP contribution in [0.5, 0.6) is 0 Å². The molecule has 8 heteroatoms. The highest BCUT2D eigenvalue weighted by molar-refractivity contribution is 8.01. The number of ether oxygens (including phenoxy) is 1. The first-order chi connectivity index (χ1) is 11.8. The largest absolute Gasteiger partial charge is 0.451 e. The van der Waals surface area contributed by atoms with Gasteiger partial charge in [0.15, 0.2) is 6.10 Å². The molecular formula is C17H19ClN2O4S. The van der Waals surface area contributed by atoms with Crippen molar-refractivity contribution in [2.75, 3.05) is 11.1 Å². The number of hydrogen-bond acceptors (Lipinski definition) is 5. The minimum atomic E-state index is -0.988. The van der Waals surface area contributed by atoms with E-state index in [1.54, 1.807) is 40.9 Å². The summed E-state index contributed by atoms with van der Waals surface area (Å²) in [6.07, 6.45) is 0.178. The number of nitrogens with zero attached hydrogens (tertiary/aromatic N) is 1. The average Bonchev–Trinajstić information content (AvgIpc) is 3.06. The molecule has 2 saturated heterocycles. The fraction of sp³-hybridized carbons (Fsp3) is 0.471. The van der Waals surface area contributed by atoms with Gasteiger partial charge in [0.1, 0.15) is 6.04 Å². The van der Waals surface area contributed by atoms with Gasteiger partial charge in [-0.25, -0.2) is 4.79 Å². The number of thioether (sulfide) groups is 1. The third kappa shape index (κ3) is 3.48. The third-order valence-electron chi connectivity index (χ3n) is 4.51. The van der Waals surface area contributed by atoms with E-state index >= 15 is 0 Å². The molecule has 3 rings (SSSR count). The highest BCUT2D eigenvalue weighted by Crippen LogP contribution is 2.47. The first kappa shape index (κ1) is 18.1. The maximum atomic E-state index is 12.5. The van der Waals surface area contributed by atoms with E-state index in [-0.39, 0.29) is 10.8 Å². The molecule has 2 aliphatic rings. The second-order valence-electron chi connectivity index (χ2n) is 6.31. The van der Waals surface area contributed by atoms with Gasteiger partial charge in [-0.2, -0.15) is 0 Å². The molecule has 0 unspecified atom stereocenters. The molecule has 1 aromatic rings. The van der Waals surface area contributed by atoms with E-state index in [2.05, 4.69) is 5.32 Å². The van der Waals surface area contributed by atoms with E-state index < -0.39 is 24.0 Å². The van der Waals surface area contributed by atoms with E-state index in [0.717, 1.165) is 6.42 Å². The Balaban J connectivity index is 1.62. The topological polar surface area (TPSA) is 75.7 Å². The molecule has 134 valence electrons. The Kier molecular flexibility index (Phi) is 4.97. The molecule has 2 fully saturated rings. The summed E-state index contributed by atoms with van der Waals surface area (Å²) in [7, 11) is 0. The number of benzene rings is 1. The number of esters is 1. The van der Waals surface area contributed by atoms with E-state index in [1.807, 2.05) is 6.92 Å². The zero-order chi connectivity index (χ0) is 18.2. The second-order valence-corrected chi connectivity index (χ2v) is 8.22. The number of rotatable bonds is 4. The van der Waals surface area contributed by atoms with Crippen molar-refractivity contribution in [3.63, 3.8) is 0 Å². The highest BCUT2D eigenvalue weighted by atomic mass is 35.5. The molecule has 25 heavy (non-hydrogen) atoms. The number of halogens is 1. The van der Waals surface area contributed by atoms with Crippen LogP contribution in [-0.2, 0) is 19.1 Å². The highest BCUT2D eigenvalue weighted by Gasteiger charge is 2.53. The zero-order valence-corrected chi connectivity index (χ0v) is 15.5. The van der Waals surface area contributed by atoms with Crippen LogP contribution in [0.4, 0.5) is 5.69 Å². The van der Waals surface area contributed by atoms with Crippen molar-refractivity contribution in [1.82, 2.24) is 4.90 Å². The Bertz CT molecular complexity index is 728. The molecule has 0 saturated carbocycles. The van der Waals surface area contributed by atoms with Crippen molar-refractivity contribution in [3.05, 3.63) is 29.3 Å². The van der Waals surface area contributed by atoms with Crippen molar-refractivity contribution in [1.29, 1.82) is 0 Å². The molecule has 0 aliphatic carbocycles. The molecule has 1 N–H and O–H groups in total. The summed E-state index contributed by atoms with van der Waals surface area (Å²) < 4.78 is 5.31. The van der Waals surface area contributed by atoms with E-state index in [0.29, 0.717) is 22.9 Å². The van der Waals surface area contributed by atoms with Crippen LogP contribution in [0.25, 0.3) is 0 Å². The summed E-state index contributed by atoms with van der Waals surface area (Å²) >= 11 is 7.59. The van der Waals surface area contributed by atoms with Crippen molar-refractivity contribution in [3.8, 4) is 0 Å². The number of carbonyl (C=O) groups excluding carboxylic acids is 3. The van der Waals surface area contributed by atoms with Gasteiger partial charge >= 0.3 is 5.97 Å². The zero-order valence-electron chi connectivity index (χ0n) is 14.0. The van der Waals surface area contributed by atoms with Crippen molar-refractivity contribution < 1.29 is 19.1 Å². The third-order valence-corrected chi connectivity index (χ3v) is 6.35. The molecule has 0 spiro atoms. The molecular weight excluding hydrogens is 364 g/mol. The van der Waals surface area contributed by atoms with E-state index in [4.69, 9.17) is 16.3 Å². The first-order valence-corrected chi connectivity index (χ1v) is 9.40. The Labute approximate surface area is 155 Å². The van der Waals surface area contributed by atoms with Crippen LogP contribution in [0.2, 0.25) is 5.02 Å². The lowest BCUT2D eigenvalue weighted by Crippen LogP contribution is -2.48. The van der Waals surface area contributed by atoms with Gasteiger partial charge in [-0.1, -0.05) is 23.7 Å². The van der Waals surface area contributed by atoms with Crippen molar-refractivity contribution >= 4 is 46.8 Å². The van der Waals surface area contributed by atoms with Crippen molar-refractivity contribution in [2.24, 2.45) is 0 Å². The van der Waals surface area contributed by atoms with Gasteiger partial charge in [0.2, 0.25) is 5.91 Å². The van der Waals surface area contributed by atoms with Crippen molar-refractivity contribution in [2.45, 2.75) is 43.7 Å². The lowest BCUT2D eigenvalue weighted by molar-refractivity contribution is -0.160. The minimum Gasteiger partial charge on any atom is -0.451 e. The number of anilines is 1. The molecule has 2 heterocycles. The molecule has 0 bridgehead atoms. The molecule has 2 amide bonds. The molecule has 3 atom stereocenters. The molecule has 0 aromatic heterocycles. The van der Waals surface area contributed by atoms with Crippen LogP contribution in [0.1, 0.15) is 26.7 Å². The second kappa shape index (κ2) is 6.88. The fourth-order valence-electron chi connectivity index (χ4n) is 3.10. The van der Waals surface area contributed by atoms with Gasteiger partial charge in [0.25, 0.3) is 5.91 Å². The average molecular weight is 383 g/mol. The van der Waals surface area contributed by atoms with Gasteiger partial charge in [-0.3, -0.25) is 9.59 Å². The van der Waals surface area contributed by atoms with Crippen LogP contribution < -0.4 is 5.32 Å². The lowest BCUT2D eigenvalue weighted by atomic mass is 10.2. The number of para-hydroxylation sites is 1. The van der Waals surface area contributed by atoms with Gasteiger partial charge in [-0.05, 0) is 32.4 Å². The number of fused-ring (bicyclic) bond motifs is 1. The summed E-state index contributed by atoms with van der Waals surface area (Å²) in [4.78, 5) is 38.1. The molecule has 6 nitrogen and oxygen atoms in total. The number of hydrogen-bond donors (Lipinski definition) is 1. The van der Waals surface area contributed by atoms with Gasteiger partial charge in [0, 0.05) is 12.2 Å². The number of carbonyl (C=O) groups is 3. The molecule has 2 aliphatic heterocycles. The van der Waals surface area contributed by atoms with Gasteiger partial charge in [0.05, 0.1) is 15.6 Å². The standard InChI is InChI=1S/C17H19ClN2O4S/c1-10(15(22)19-12-6-4-3-5-11(12)18)24-16(23)13-9-25-17(2)8-7-14(21)20(13)17/h3-6,10,13H,7-9H2,1-2H3,(H,19,22)/t10-,13-,17-/m0/s1. The summed E-state index contributed by atoms with van der Waals surface area (Å²) in [6, 6.07) is 6.18. The SMILES string of the molecule is C[C@H](OC(=O)[C@@H]1CS[C@@]2(C)CCC(=O)N12)C(=O)Nc1ccccc1Cl. The Morgan fingerprint density at radius 2 is 2.16 bits per heavy atom. The minimum absolute atomic E-state index is 0.0392. The summed E-state index contributed by atoms with van der Waals surface area (Å²) in [5.41, 5.74) is 0.454. The monoisotopic (exact) mass is 382 g/mol. The quantitative estimate of drug-likeness (QED) is 0.810. The summed E-state index contributed by atoms with van der Waals surface area (Å²) in [5, 5.41) is 3.04. The van der Waals surface area contributed by atoms with Crippen LogP contribution in [0.3, 0.4) is 0 Å². The fourth-order valence-corrected chi connectivity index (χ4v) is 4.70. The predicted octanol–water partition coefficient (Wildman–Crippen LogP) is 2.66. The number of nitrogens with one attached hydrogen (secondary N) is 1. The molecule has 1 aromatic carbocycles. The van der Waals surface area contributed by atoms with Gasteiger partial charge in [-0.15, -0.1) is 11.8 Å². The van der Waals surface area contributed by atoms with Crippen LogP contribution in [0.15, 0.2) is 24.3 Å². The Morgan fingerprint density at radius 3 is 2.88 bits per heavy atom. The lowest BCUT2D eigenvalue weighted by Gasteiger charge is -2.29. The molecule has 0 radical (unpaired) electrons. The van der Waals surface area contributed by atoms with Crippen LogP contribution in [-0.4, -0.2) is 45.5 Å². The summed E-state index contributed by atoms with van der Waals surface area (Å²) in [5.74, 6) is -0.571.